The van der Waals surface area contributed by atoms with E-state index >= 15 is 0 Å². The number of hydrogen-bond acceptors (Lipinski definition) is 3. The standard InChI is InChI=1S/C22H22Cl2N2O2S/c1-26(2)15-22(18-10-13-20(23)21(24)14-18)25-29(27,28)19-11-8-17(9-12-19)16-6-4-3-5-7-16/h3-14,22,25H,15H2,1-2H3/t22-/m1/s1. The number of nitrogens with zero attached hydrogens (tertiary/aromatic N) is 1. The lowest BCUT2D eigenvalue weighted by atomic mass is 10.1. The van der Waals surface area contributed by atoms with Crippen molar-refractivity contribution in [2.45, 2.75) is 10.9 Å². The highest BCUT2D eigenvalue weighted by molar-refractivity contribution is 7.89. The van der Waals surface area contributed by atoms with E-state index in [1.807, 2.05) is 61.5 Å². The third kappa shape index (κ3) is 5.59. The number of rotatable bonds is 7. The van der Waals surface area contributed by atoms with Gasteiger partial charge in [-0.1, -0.05) is 71.7 Å². The number of hydrogen-bond donors (Lipinski definition) is 1. The van der Waals surface area contributed by atoms with Crippen LogP contribution in [0.3, 0.4) is 0 Å². The number of benzene rings is 3. The summed E-state index contributed by atoms with van der Waals surface area (Å²) in [6.45, 7) is 0.472. The molecule has 0 aliphatic heterocycles. The second-order valence-corrected chi connectivity index (χ2v) is 9.53. The first-order chi connectivity index (χ1) is 13.8. The van der Waals surface area contributed by atoms with Gasteiger partial charge in [-0.25, -0.2) is 13.1 Å². The highest BCUT2D eigenvalue weighted by atomic mass is 35.5. The zero-order chi connectivity index (χ0) is 21.0. The van der Waals surface area contributed by atoms with Crippen molar-refractivity contribution in [3.63, 3.8) is 0 Å². The molecule has 3 aromatic rings. The topological polar surface area (TPSA) is 49.4 Å². The fourth-order valence-electron chi connectivity index (χ4n) is 3.02. The average molecular weight is 449 g/mol. The summed E-state index contributed by atoms with van der Waals surface area (Å²) in [5, 5.41) is 0.817. The van der Waals surface area contributed by atoms with Gasteiger partial charge in [0.2, 0.25) is 10.0 Å². The van der Waals surface area contributed by atoms with E-state index in [2.05, 4.69) is 4.72 Å². The van der Waals surface area contributed by atoms with E-state index in [1.165, 1.54) is 0 Å². The summed E-state index contributed by atoms with van der Waals surface area (Å²) in [7, 11) is 0.0369. The summed E-state index contributed by atoms with van der Waals surface area (Å²) in [5.41, 5.74) is 2.74. The third-order valence-electron chi connectivity index (χ3n) is 4.46. The molecule has 3 aromatic carbocycles. The molecule has 0 unspecified atom stereocenters. The smallest absolute Gasteiger partial charge is 0.241 e. The molecule has 1 N–H and O–H groups in total. The molecule has 0 bridgehead atoms. The molecule has 0 fully saturated rings. The highest BCUT2D eigenvalue weighted by Crippen LogP contribution is 2.27. The molecule has 152 valence electrons. The second-order valence-electron chi connectivity index (χ2n) is 7.00. The van der Waals surface area contributed by atoms with E-state index in [0.29, 0.717) is 16.6 Å². The van der Waals surface area contributed by atoms with Crippen molar-refractivity contribution >= 4 is 33.2 Å². The van der Waals surface area contributed by atoms with Crippen molar-refractivity contribution in [1.82, 2.24) is 9.62 Å². The third-order valence-corrected chi connectivity index (χ3v) is 6.69. The molecule has 0 heterocycles. The minimum Gasteiger partial charge on any atom is -0.307 e. The summed E-state index contributed by atoms with van der Waals surface area (Å²) >= 11 is 12.1. The Labute approximate surface area is 182 Å². The monoisotopic (exact) mass is 448 g/mol. The van der Waals surface area contributed by atoms with Gasteiger partial charge in [0.15, 0.2) is 0 Å². The average Bonchev–Trinajstić information content (AvgIpc) is 2.70. The van der Waals surface area contributed by atoms with Crippen LogP contribution in [-0.2, 0) is 10.0 Å². The van der Waals surface area contributed by atoms with Gasteiger partial charge >= 0.3 is 0 Å². The van der Waals surface area contributed by atoms with Crippen molar-refractivity contribution in [1.29, 1.82) is 0 Å². The Hall–Kier alpha value is -1.89. The molecule has 1 atom stereocenters. The van der Waals surface area contributed by atoms with Crippen molar-refractivity contribution in [2.75, 3.05) is 20.6 Å². The first-order valence-electron chi connectivity index (χ1n) is 9.04. The molecule has 29 heavy (non-hydrogen) atoms. The van der Waals surface area contributed by atoms with Crippen LogP contribution in [0.5, 0.6) is 0 Å². The zero-order valence-electron chi connectivity index (χ0n) is 16.1. The molecule has 0 aliphatic carbocycles. The van der Waals surface area contributed by atoms with Crippen molar-refractivity contribution in [2.24, 2.45) is 0 Å². The van der Waals surface area contributed by atoms with Gasteiger partial charge in [0.1, 0.15) is 0 Å². The fraction of sp³-hybridized carbons (Fsp3) is 0.182. The molecule has 0 saturated heterocycles. The summed E-state index contributed by atoms with van der Waals surface area (Å²) in [5.74, 6) is 0. The van der Waals surface area contributed by atoms with Gasteiger partial charge in [0, 0.05) is 6.54 Å². The Balaban J connectivity index is 1.87. The van der Waals surface area contributed by atoms with E-state index in [9.17, 15) is 8.42 Å². The lowest BCUT2D eigenvalue weighted by molar-refractivity contribution is 0.363. The van der Waals surface area contributed by atoms with Crippen LogP contribution in [0, 0.1) is 0 Å². The largest absolute Gasteiger partial charge is 0.307 e. The van der Waals surface area contributed by atoms with Gasteiger partial charge in [-0.15, -0.1) is 0 Å². The Morgan fingerprint density at radius 2 is 1.48 bits per heavy atom. The van der Waals surface area contributed by atoms with Crippen LogP contribution >= 0.6 is 23.2 Å². The van der Waals surface area contributed by atoms with Gasteiger partial charge in [-0.2, -0.15) is 0 Å². The molecule has 0 radical (unpaired) electrons. The summed E-state index contributed by atoms with van der Waals surface area (Å²) < 4.78 is 28.8. The van der Waals surface area contributed by atoms with Gasteiger partial charge in [-0.05, 0) is 55.1 Å². The normalized spacial score (nSPS) is 12.9. The molecule has 4 nitrogen and oxygen atoms in total. The van der Waals surface area contributed by atoms with Crippen LogP contribution in [-0.4, -0.2) is 34.0 Å². The molecular weight excluding hydrogens is 427 g/mol. The van der Waals surface area contributed by atoms with Crippen molar-refractivity contribution < 1.29 is 8.42 Å². The van der Waals surface area contributed by atoms with Gasteiger partial charge < -0.3 is 4.90 Å². The highest BCUT2D eigenvalue weighted by Gasteiger charge is 2.22. The Morgan fingerprint density at radius 3 is 2.07 bits per heavy atom. The van der Waals surface area contributed by atoms with Crippen molar-refractivity contribution in [3.05, 3.63) is 88.4 Å². The van der Waals surface area contributed by atoms with Crippen LogP contribution in [0.2, 0.25) is 10.0 Å². The first-order valence-corrected chi connectivity index (χ1v) is 11.3. The van der Waals surface area contributed by atoms with Crippen molar-refractivity contribution in [3.8, 4) is 11.1 Å². The minimum atomic E-state index is -3.73. The van der Waals surface area contributed by atoms with E-state index in [-0.39, 0.29) is 4.90 Å². The maximum Gasteiger partial charge on any atom is 0.241 e. The fourth-order valence-corrected chi connectivity index (χ4v) is 4.54. The number of nitrogens with one attached hydrogen (secondary N) is 1. The first kappa shape index (κ1) is 21.8. The Morgan fingerprint density at radius 1 is 0.862 bits per heavy atom. The quantitative estimate of drug-likeness (QED) is 0.537. The molecule has 0 saturated carbocycles. The molecule has 0 aliphatic rings. The van der Waals surface area contributed by atoms with E-state index in [0.717, 1.165) is 16.7 Å². The van der Waals surface area contributed by atoms with Crippen LogP contribution < -0.4 is 4.72 Å². The second kappa shape index (κ2) is 9.28. The summed E-state index contributed by atoms with van der Waals surface area (Å²) in [6, 6.07) is 21.3. The molecule has 3 rings (SSSR count). The van der Waals surface area contributed by atoms with Crippen LogP contribution in [0.25, 0.3) is 11.1 Å². The SMILES string of the molecule is CN(C)C[C@@H](NS(=O)(=O)c1ccc(-c2ccccc2)cc1)c1ccc(Cl)c(Cl)c1. The summed E-state index contributed by atoms with van der Waals surface area (Å²) in [6.07, 6.45) is 0. The predicted octanol–water partition coefficient (Wildman–Crippen LogP) is 5.24. The van der Waals surface area contributed by atoms with Crippen LogP contribution in [0.15, 0.2) is 77.7 Å². The van der Waals surface area contributed by atoms with E-state index < -0.39 is 16.1 Å². The lowest BCUT2D eigenvalue weighted by Gasteiger charge is -2.23. The van der Waals surface area contributed by atoms with Crippen LogP contribution in [0.1, 0.15) is 11.6 Å². The van der Waals surface area contributed by atoms with E-state index in [1.54, 1.807) is 30.3 Å². The van der Waals surface area contributed by atoms with Gasteiger partial charge in [-0.3, -0.25) is 0 Å². The van der Waals surface area contributed by atoms with Gasteiger partial charge in [0.05, 0.1) is 21.0 Å². The molecule has 0 spiro atoms. The van der Waals surface area contributed by atoms with E-state index in [4.69, 9.17) is 23.2 Å². The summed E-state index contributed by atoms with van der Waals surface area (Å²) in [4.78, 5) is 2.12. The zero-order valence-corrected chi connectivity index (χ0v) is 18.5. The van der Waals surface area contributed by atoms with Gasteiger partial charge in [0.25, 0.3) is 0 Å². The number of sulfonamides is 1. The Kier molecular flexibility index (Phi) is 6.98. The molecular formula is C22H22Cl2N2O2S. The predicted molar refractivity (Wildman–Crippen MR) is 120 cm³/mol. The maximum atomic E-state index is 13.0. The minimum absolute atomic E-state index is 0.209. The number of likely N-dealkylation sites (N-methyl/N-ethyl adjacent to an activating group) is 1. The molecule has 0 aromatic heterocycles. The maximum absolute atomic E-state index is 13.0. The molecule has 0 amide bonds. The van der Waals surface area contributed by atoms with Crippen LogP contribution in [0.4, 0.5) is 0 Å². The Bertz CT molecular complexity index is 1070. The molecule has 7 heteroatoms. The number of halogens is 2. The lowest BCUT2D eigenvalue weighted by Crippen LogP contribution is -2.35.